The van der Waals surface area contributed by atoms with Gasteiger partial charge in [0.25, 0.3) is 0 Å². The molecule has 1 amide bonds. The van der Waals surface area contributed by atoms with Gasteiger partial charge in [0, 0.05) is 25.2 Å². The van der Waals surface area contributed by atoms with E-state index in [4.69, 9.17) is 10.5 Å². The van der Waals surface area contributed by atoms with Crippen LogP contribution >= 0.6 is 0 Å². The van der Waals surface area contributed by atoms with Gasteiger partial charge in [0.05, 0.1) is 7.11 Å². The number of nitrogens with zero attached hydrogens (tertiary/aromatic N) is 1. The van der Waals surface area contributed by atoms with Gasteiger partial charge in [-0.05, 0) is 43.5 Å². The number of aryl methyl sites for hydroxylation is 1. The highest BCUT2D eigenvalue weighted by Gasteiger charge is 2.29. The van der Waals surface area contributed by atoms with E-state index in [-0.39, 0.29) is 11.8 Å². The zero-order chi connectivity index (χ0) is 17.5. The zero-order valence-electron chi connectivity index (χ0n) is 14.7. The van der Waals surface area contributed by atoms with Gasteiger partial charge in [0.1, 0.15) is 5.75 Å². The van der Waals surface area contributed by atoms with Crippen LogP contribution in [0.5, 0.6) is 5.75 Å². The number of benzene rings is 2. The molecule has 1 aliphatic rings. The van der Waals surface area contributed by atoms with Crippen LogP contribution in [-0.4, -0.2) is 31.5 Å². The summed E-state index contributed by atoms with van der Waals surface area (Å²) in [6.45, 7) is 2.92. The minimum absolute atomic E-state index is 0.0655. The van der Waals surface area contributed by atoms with Gasteiger partial charge in [-0.3, -0.25) is 4.79 Å². The molecule has 1 saturated heterocycles. The molecule has 0 saturated carbocycles. The summed E-state index contributed by atoms with van der Waals surface area (Å²) in [5.41, 5.74) is 8.81. The van der Waals surface area contributed by atoms with Crippen molar-refractivity contribution < 1.29 is 9.53 Å². The summed E-state index contributed by atoms with van der Waals surface area (Å²) in [6.07, 6.45) is 1.62. The number of amides is 1. The molecule has 0 bridgehead atoms. The highest BCUT2D eigenvalue weighted by molar-refractivity contribution is 5.81. The van der Waals surface area contributed by atoms with E-state index < -0.39 is 0 Å². The normalized spacial score (nSPS) is 16.5. The number of carbonyl (C=O) groups excluding carboxylic acids is 1. The molecule has 3 rings (SSSR count). The molecule has 2 N–H and O–H groups in total. The molecule has 1 aliphatic heterocycles. The topological polar surface area (TPSA) is 55.6 Å². The average molecular weight is 326 g/mol. The molecule has 4 nitrogen and oxygen atoms in total. The first kappa shape index (κ1) is 17.9. The molecule has 2 aromatic rings. The summed E-state index contributed by atoms with van der Waals surface area (Å²) in [6, 6.07) is 15.8. The van der Waals surface area contributed by atoms with Crippen LogP contribution in [0.4, 0.5) is 5.69 Å². The third kappa shape index (κ3) is 4.75. The Hall–Kier alpha value is -2.49. The number of ether oxygens (including phenoxy) is 1. The Labute approximate surface area is 144 Å². The highest BCUT2D eigenvalue weighted by atomic mass is 16.5. The van der Waals surface area contributed by atoms with Crippen molar-refractivity contribution in [2.75, 3.05) is 26.4 Å². The maximum atomic E-state index is 11.8. The van der Waals surface area contributed by atoms with E-state index in [2.05, 4.69) is 19.1 Å². The zero-order valence-corrected chi connectivity index (χ0v) is 14.7. The van der Waals surface area contributed by atoms with Crippen molar-refractivity contribution in [1.29, 1.82) is 0 Å². The molecule has 0 aromatic heterocycles. The smallest absolute Gasteiger partial charge is 0.225 e. The van der Waals surface area contributed by atoms with Crippen molar-refractivity contribution >= 4 is 11.6 Å². The first-order chi connectivity index (χ1) is 11.5. The Morgan fingerprint density at radius 2 is 1.92 bits per heavy atom. The minimum atomic E-state index is 0.0655. The summed E-state index contributed by atoms with van der Waals surface area (Å²) < 4.78 is 5.29. The van der Waals surface area contributed by atoms with Crippen molar-refractivity contribution in [3.8, 4) is 5.75 Å². The van der Waals surface area contributed by atoms with E-state index in [1.54, 1.807) is 12.0 Å². The van der Waals surface area contributed by atoms with Crippen molar-refractivity contribution in [3.05, 3.63) is 59.7 Å². The molecule has 24 heavy (non-hydrogen) atoms. The van der Waals surface area contributed by atoms with Crippen LogP contribution in [0.25, 0.3) is 0 Å². The highest BCUT2D eigenvalue weighted by Crippen LogP contribution is 2.28. The molecular weight excluding hydrogens is 300 g/mol. The standard InChI is InChI=1S/C13H18N2O2.C7H8/c1-15-6-5-9(13(15)16)7-10-8-11(14)3-4-12(10)17-2;1-7-5-3-2-4-6-7/h3-4,8-9H,5-7,14H2,1-2H3;2-6H,1H3. The Morgan fingerprint density at radius 3 is 2.42 bits per heavy atom. The lowest BCUT2D eigenvalue weighted by Crippen LogP contribution is -2.23. The molecule has 1 unspecified atom stereocenters. The summed E-state index contributed by atoms with van der Waals surface area (Å²) in [4.78, 5) is 13.6. The largest absolute Gasteiger partial charge is 0.496 e. The first-order valence-corrected chi connectivity index (χ1v) is 8.20. The molecule has 4 heteroatoms. The fourth-order valence-corrected chi connectivity index (χ4v) is 2.84. The Bertz CT molecular complexity index is 671. The summed E-state index contributed by atoms with van der Waals surface area (Å²) in [5, 5.41) is 0. The Morgan fingerprint density at radius 1 is 1.21 bits per heavy atom. The summed E-state index contributed by atoms with van der Waals surface area (Å²) in [5.74, 6) is 1.09. The van der Waals surface area contributed by atoms with Gasteiger partial charge in [-0.15, -0.1) is 0 Å². The number of nitrogens with two attached hydrogens (primary N) is 1. The quantitative estimate of drug-likeness (QED) is 0.881. The van der Waals surface area contributed by atoms with Gasteiger partial charge < -0.3 is 15.4 Å². The summed E-state index contributed by atoms with van der Waals surface area (Å²) >= 11 is 0. The number of hydrogen-bond acceptors (Lipinski definition) is 3. The van der Waals surface area contributed by atoms with Crippen molar-refractivity contribution in [1.82, 2.24) is 4.90 Å². The SMILES string of the molecule is COc1ccc(N)cc1CC1CCN(C)C1=O.Cc1ccccc1. The van der Waals surface area contributed by atoms with Crippen LogP contribution in [0.2, 0.25) is 0 Å². The maximum absolute atomic E-state index is 11.8. The molecule has 2 aromatic carbocycles. The number of rotatable bonds is 3. The van der Waals surface area contributed by atoms with E-state index in [1.165, 1.54) is 5.56 Å². The lowest BCUT2D eigenvalue weighted by molar-refractivity contribution is -0.129. The van der Waals surface area contributed by atoms with Gasteiger partial charge in [0.15, 0.2) is 0 Å². The van der Waals surface area contributed by atoms with Gasteiger partial charge >= 0.3 is 0 Å². The van der Waals surface area contributed by atoms with Crippen LogP contribution < -0.4 is 10.5 Å². The lowest BCUT2D eigenvalue weighted by Gasteiger charge is -2.13. The molecule has 128 valence electrons. The van der Waals surface area contributed by atoms with Crippen LogP contribution in [0.3, 0.4) is 0 Å². The molecule has 0 spiro atoms. The van der Waals surface area contributed by atoms with E-state index in [0.717, 1.165) is 24.3 Å². The van der Waals surface area contributed by atoms with Gasteiger partial charge in [-0.25, -0.2) is 0 Å². The van der Waals surface area contributed by atoms with Crippen molar-refractivity contribution in [2.24, 2.45) is 5.92 Å². The molecule has 0 aliphatic carbocycles. The number of methoxy groups -OCH3 is 1. The molecule has 1 fully saturated rings. The van der Waals surface area contributed by atoms with E-state index in [9.17, 15) is 4.79 Å². The Kier molecular flexibility index (Phi) is 6.24. The van der Waals surface area contributed by atoms with Crippen molar-refractivity contribution in [2.45, 2.75) is 19.8 Å². The van der Waals surface area contributed by atoms with Crippen LogP contribution in [0.15, 0.2) is 48.5 Å². The fourth-order valence-electron chi connectivity index (χ4n) is 2.84. The number of hydrogen-bond donors (Lipinski definition) is 1. The van der Waals surface area contributed by atoms with Crippen LogP contribution in [0.1, 0.15) is 17.5 Å². The number of nitrogen functional groups attached to an aromatic ring is 1. The first-order valence-electron chi connectivity index (χ1n) is 8.20. The van der Waals surface area contributed by atoms with E-state index >= 15 is 0 Å². The Balaban J connectivity index is 0.000000249. The fraction of sp³-hybridized carbons (Fsp3) is 0.350. The van der Waals surface area contributed by atoms with Crippen molar-refractivity contribution in [3.63, 3.8) is 0 Å². The summed E-state index contributed by atoms with van der Waals surface area (Å²) in [7, 11) is 3.48. The molecule has 0 radical (unpaired) electrons. The molecular formula is C20H26N2O2. The third-order valence-electron chi connectivity index (χ3n) is 4.25. The molecule has 1 atom stereocenters. The number of carbonyl (C=O) groups is 1. The van der Waals surface area contributed by atoms with Crippen LogP contribution in [0, 0.1) is 12.8 Å². The lowest BCUT2D eigenvalue weighted by atomic mass is 9.97. The van der Waals surface area contributed by atoms with E-state index in [1.807, 2.05) is 43.4 Å². The maximum Gasteiger partial charge on any atom is 0.225 e. The van der Waals surface area contributed by atoms with Gasteiger partial charge in [-0.2, -0.15) is 0 Å². The second kappa shape index (κ2) is 8.39. The number of anilines is 1. The number of likely N-dealkylation sites (tertiary alicyclic amines) is 1. The van der Waals surface area contributed by atoms with Gasteiger partial charge in [-0.1, -0.05) is 35.9 Å². The predicted molar refractivity (Wildman–Crippen MR) is 98.0 cm³/mol. The third-order valence-corrected chi connectivity index (χ3v) is 4.25. The predicted octanol–water partition coefficient (Wildman–Crippen LogP) is 3.29. The average Bonchev–Trinajstić information content (AvgIpc) is 2.89. The second-order valence-corrected chi connectivity index (χ2v) is 6.18. The monoisotopic (exact) mass is 326 g/mol. The van der Waals surface area contributed by atoms with Gasteiger partial charge in [0.2, 0.25) is 5.91 Å². The minimum Gasteiger partial charge on any atom is -0.496 e. The van der Waals surface area contributed by atoms with Crippen LogP contribution in [-0.2, 0) is 11.2 Å². The van der Waals surface area contributed by atoms with E-state index in [0.29, 0.717) is 12.1 Å². The molecule has 1 heterocycles. The second-order valence-electron chi connectivity index (χ2n) is 6.18.